The topological polar surface area (TPSA) is 57.2 Å². The molecule has 0 spiro atoms. The average Bonchev–Trinajstić information content (AvgIpc) is 3.06. The van der Waals surface area contributed by atoms with Crippen LogP contribution in [0.1, 0.15) is 22.5 Å². The largest absolute Gasteiger partial charge is 0.467 e. The number of nitrogens with zero attached hydrogens (tertiary/aromatic N) is 2. The zero-order valence-corrected chi connectivity index (χ0v) is 10.5. The second kappa shape index (κ2) is 6.03. The first-order valence-corrected chi connectivity index (χ1v) is 6.46. The maximum Gasteiger partial charge on any atom is 0.255 e. The van der Waals surface area contributed by atoms with E-state index >= 15 is 0 Å². The quantitative estimate of drug-likeness (QED) is 0.830. The van der Waals surface area contributed by atoms with Crippen LogP contribution in [-0.2, 0) is 6.54 Å². The van der Waals surface area contributed by atoms with E-state index in [1.165, 1.54) is 11.3 Å². The molecule has 2 rings (SSSR count). The first-order chi connectivity index (χ1) is 8.81. The molecule has 0 aliphatic heterocycles. The van der Waals surface area contributed by atoms with Gasteiger partial charge in [-0.3, -0.25) is 4.79 Å². The van der Waals surface area contributed by atoms with Crippen LogP contribution >= 0.6 is 11.3 Å². The Labute approximate surface area is 109 Å². The maximum absolute atomic E-state index is 12.2. The van der Waals surface area contributed by atoms with Crippen molar-refractivity contribution in [1.82, 2.24) is 4.90 Å². The van der Waals surface area contributed by atoms with Gasteiger partial charge in [0.25, 0.3) is 5.91 Å². The summed E-state index contributed by atoms with van der Waals surface area (Å²) in [4.78, 5) is 13.8. The summed E-state index contributed by atoms with van der Waals surface area (Å²) in [5.74, 6) is 0.652. The Morgan fingerprint density at radius 2 is 2.39 bits per heavy atom. The molecular formula is C13H12N2O2S. The minimum Gasteiger partial charge on any atom is -0.467 e. The third kappa shape index (κ3) is 2.99. The monoisotopic (exact) mass is 260 g/mol. The molecule has 92 valence electrons. The van der Waals surface area contributed by atoms with Crippen molar-refractivity contribution in [3.63, 3.8) is 0 Å². The number of carbonyl (C=O) groups is 1. The van der Waals surface area contributed by atoms with Crippen LogP contribution in [0.25, 0.3) is 0 Å². The highest BCUT2D eigenvalue weighted by Crippen LogP contribution is 2.13. The minimum absolute atomic E-state index is 0.0668. The number of amides is 1. The third-order valence-corrected chi connectivity index (χ3v) is 3.16. The molecule has 0 fully saturated rings. The maximum atomic E-state index is 12.2. The molecule has 2 aromatic heterocycles. The van der Waals surface area contributed by atoms with E-state index < -0.39 is 0 Å². The van der Waals surface area contributed by atoms with Crippen LogP contribution < -0.4 is 0 Å². The molecule has 1 amide bonds. The van der Waals surface area contributed by atoms with Gasteiger partial charge in [-0.25, -0.2) is 0 Å². The SMILES string of the molecule is N#CCCN(Cc1ccco1)C(=O)c1ccsc1. The summed E-state index contributed by atoms with van der Waals surface area (Å²) in [6, 6.07) is 7.45. The minimum atomic E-state index is -0.0668. The fourth-order valence-corrected chi connectivity index (χ4v) is 2.23. The molecule has 0 radical (unpaired) electrons. The van der Waals surface area contributed by atoms with Gasteiger partial charge >= 0.3 is 0 Å². The van der Waals surface area contributed by atoms with Crippen LogP contribution in [0.5, 0.6) is 0 Å². The number of thiophene rings is 1. The van der Waals surface area contributed by atoms with Gasteiger partial charge in [0.05, 0.1) is 30.9 Å². The molecule has 5 heteroatoms. The molecule has 0 saturated heterocycles. The molecule has 4 nitrogen and oxygen atoms in total. The average molecular weight is 260 g/mol. The number of hydrogen-bond acceptors (Lipinski definition) is 4. The predicted molar refractivity (Wildman–Crippen MR) is 68.0 cm³/mol. The van der Waals surface area contributed by atoms with Crippen LogP contribution in [0.3, 0.4) is 0 Å². The molecular weight excluding hydrogens is 248 g/mol. The van der Waals surface area contributed by atoms with Gasteiger partial charge < -0.3 is 9.32 Å². The normalized spacial score (nSPS) is 9.94. The van der Waals surface area contributed by atoms with Gasteiger partial charge in [-0.05, 0) is 23.6 Å². The van der Waals surface area contributed by atoms with E-state index in [9.17, 15) is 4.79 Å². The van der Waals surface area contributed by atoms with Gasteiger partial charge in [0.1, 0.15) is 5.76 Å². The summed E-state index contributed by atoms with van der Waals surface area (Å²) in [5, 5.41) is 12.3. The van der Waals surface area contributed by atoms with Crippen molar-refractivity contribution in [3.8, 4) is 6.07 Å². The molecule has 0 atom stereocenters. The van der Waals surface area contributed by atoms with Crippen molar-refractivity contribution in [2.75, 3.05) is 6.54 Å². The molecule has 0 aliphatic carbocycles. The fourth-order valence-electron chi connectivity index (χ4n) is 1.60. The lowest BCUT2D eigenvalue weighted by molar-refractivity contribution is 0.0736. The van der Waals surface area contributed by atoms with Crippen molar-refractivity contribution >= 4 is 17.2 Å². The second-order valence-electron chi connectivity index (χ2n) is 3.73. The van der Waals surface area contributed by atoms with Gasteiger partial charge in [-0.2, -0.15) is 16.6 Å². The van der Waals surface area contributed by atoms with E-state index in [1.54, 1.807) is 23.3 Å². The Morgan fingerprint density at radius 1 is 1.50 bits per heavy atom. The smallest absolute Gasteiger partial charge is 0.255 e. The predicted octanol–water partition coefficient (Wildman–Crippen LogP) is 2.90. The zero-order valence-electron chi connectivity index (χ0n) is 9.70. The molecule has 2 aromatic rings. The van der Waals surface area contributed by atoms with E-state index in [1.807, 2.05) is 16.8 Å². The fraction of sp³-hybridized carbons (Fsp3) is 0.231. The highest BCUT2D eigenvalue weighted by Gasteiger charge is 2.17. The molecule has 2 heterocycles. The molecule has 0 saturated carbocycles. The van der Waals surface area contributed by atoms with Crippen molar-refractivity contribution in [3.05, 3.63) is 46.5 Å². The van der Waals surface area contributed by atoms with Crippen molar-refractivity contribution < 1.29 is 9.21 Å². The summed E-state index contributed by atoms with van der Waals surface area (Å²) >= 11 is 1.48. The third-order valence-electron chi connectivity index (χ3n) is 2.48. The van der Waals surface area contributed by atoms with Gasteiger partial charge in [0.15, 0.2) is 0 Å². The Balaban J connectivity index is 2.09. The highest BCUT2D eigenvalue weighted by atomic mass is 32.1. The van der Waals surface area contributed by atoms with Crippen LogP contribution in [-0.4, -0.2) is 17.4 Å². The number of carbonyl (C=O) groups excluding carboxylic acids is 1. The van der Waals surface area contributed by atoms with Gasteiger partial charge in [0.2, 0.25) is 0 Å². The lowest BCUT2D eigenvalue weighted by Gasteiger charge is -2.19. The summed E-state index contributed by atoms with van der Waals surface area (Å²) in [6.07, 6.45) is 1.89. The Morgan fingerprint density at radius 3 is 3.00 bits per heavy atom. The first kappa shape index (κ1) is 12.4. The van der Waals surface area contributed by atoms with Crippen molar-refractivity contribution in [2.24, 2.45) is 0 Å². The summed E-state index contributed by atoms with van der Waals surface area (Å²) < 4.78 is 5.24. The number of rotatable bonds is 5. The molecule has 0 aliphatic rings. The van der Waals surface area contributed by atoms with Crippen LogP contribution in [0, 0.1) is 11.3 Å². The van der Waals surface area contributed by atoms with Gasteiger partial charge in [-0.15, -0.1) is 0 Å². The number of nitriles is 1. The number of hydrogen-bond donors (Lipinski definition) is 0. The van der Waals surface area contributed by atoms with Gasteiger partial charge in [0, 0.05) is 11.9 Å². The van der Waals surface area contributed by atoms with Crippen molar-refractivity contribution in [1.29, 1.82) is 5.26 Å². The summed E-state index contributed by atoms with van der Waals surface area (Å²) in [6.45, 7) is 0.801. The Bertz CT molecular complexity index is 526. The first-order valence-electron chi connectivity index (χ1n) is 5.52. The lowest BCUT2D eigenvalue weighted by Crippen LogP contribution is -2.31. The van der Waals surface area contributed by atoms with E-state index in [0.29, 0.717) is 25.1 Å². The summed E-state index contributed by atoms with van der Waals surface area (Å²) in [5.41, 5.74) is 0.657. The molecule has 0 aromatic carbocycles. The molecule has 0 unspecified atom stereocenters. The van der Waals surface area contributed by atoms with E-state index in [4.69, 9.17) is 9.68 Å². The zero-order chi connectivity index (χ0) is 12.8. The molecule has 0 bridgehead atoms. The second-order valence-corrected chi connectivity index (χ2v) is 4.51. The van der Waals surface area contributed by atoms with E-state index in [2.05, 4.69) is 6.07 Å². The van der Waals surface area contributed by atoms with Crippen LogP contribution in [0.4, 0.5) is 0 Å². The lowest BCUT2D eigenvalue weighted by atomic mass is 10.2. The highest BCUT2D eigenvalue weighted by molar-refractivity contribution is 7.08. The Hall–Kier alpha value is -2.06. The van der Waals surface area contributed by atoms with Crippen LogP contribution in [0.15, 0.2) is 39.6 Å². The van der Waals surface area contributed by atoms with E-state index in [0.717, 1.165) is 5.76 Å². The molecule has 0 N–H and O–H groups in total. The van der Waals surface area contributed by atoms with Crippen molar-refractivity contribution in [2.45, 2.75) is 13.0 Å². The number of furan rings is 1. The summed E-state index contributed by atoms with van der Waals surface area (Å²) in [7, 11) is 0. The molecule has 18 heavy (non-hydrogen) atoms. The Kier molecular flexibility index (Phi) is 4.15. The standard InChI is InChI=1S/C13H12N2O2S/c14-5-2-6-15(9-12-3-1-7-17-12)13(16)11-4-8-18-10-11/h1,3-4,7-8,10H,2,6,9H2. The van der Waals surface area contributed by atoms with Crippen LogP contribution in [0.2, 0.25) is 0 Å². The van der Waals surface area contributed by atoms with E-state index in [-0.39, 0.29) is 5.91 Å². The van der Waals surface area contributed by atoms with Gasteiger partial charge in [-0.1, -0.05) is 0 Å².